The molecule has 2 amide bonds. The fraction of sp³-hybridized carbons (Fsp3) is 0.500. The van der Waals surface area contributed by atoms with Gasteiger partial charge in [0.15, 0.2) is 0 Å². The Labute approximate surface area is 131 Å². The normalized spacial score (nSPS) is 17.3. The molecular formula is C14H18N4OS2. The zero-order valence-electron chi connectivity index (χ0n) is 11.9. The topological polar surface area (TPSA) is 66.9 Å². The molecule has 3 rings (SSSR count). The average Bonchev–Trinajstić information content (AvgIpc) is 3.10. The van der Waals surface area contributed by atoms with Crippen LogP contribution in [-0.4, -0.2) is 22.5 Å². The fourth-order valence-corrected chi connectivity index (χ4v) is 4.22. The van der Waals surface area contributed by atoms with Gasteiger partial charge in [0, 0.05) is 22.7 Å². The molecule has 2 aromatic rings. The second kappa shape index (κ2) is 6.53. The van der Waals surface area contributed by atoms with Gasteiger partial charge in [-0.3, -0.25) is 0 Å². The lowest BCUT2D eigenvalue weighted by Gasteiger charge is -2.21. The van der Waals surface area contributed by atoms with E-state index in [1.54, 1.807) is 16.8 Å². The zero-order valence-corrected chi connectivity index (χ0v) is 13.5. The summed E-state index contributed by atoms with van der Waals surface area (Å²) in [6, 6.07) is -0.137. The predicted molar refractivity (Wildman–Crippen MR) is 84.9 cm³/mol. The molecule has 0 fully saturated rings. The highest BCUT2D eigenvalue weighted by Crippen LogP contribution is 2.34. The molecule has 5 nitrogen and oxygen atoms in total. The van der Waals surface area contributed by atoms with Crippen LogP contribution >= 0.6 is 22.7 Å². The van der Waals surface area contributed by atoms with Gasteiger partial charge >= 0.3 is 6.03 Å². The van der Waals surface area contributed by atoms with Crippen molar-refractivity contribution in [1.82, 2.24) is 20.6 Å². The van der Waals surface area contributed by atoms with Crippen LogP contribution in [0, 0.1) is 6.92 Å². The van der Waals surface area contributed by atoms with Gasteiger partial charge in [-0.2, -0.15) is 0 Å². The number of aryl methyl sites for hydroxylation is 2. The van der Waals surface area contributed by atoms with Crippen LogP contribution in [0.5, 0.6) is 0 Å². The minimum absolute atomic E-state index is 0.137. The van der Waals surface area contributed by atoms with Crippen LogP contribution in [0.2, 0.25) is 0 Å². The number of urea groups is 1. The number of rotatable bonds is 4. The van der Waals surface area contributed by atoms with Crippen LogP contribution in [0.25, 0.3) is 0 Å². The van der Waals surface area contributed by atoms with Crippen molar-refractivity contribution < 1.29 is 4.79 Å². The smallest absolute Gasteiger partial charge is 0.315 e. The number of carbonyl (C=O) groups is 1. The van der Waals surface area contributed by atoms with Gasteiger partial charge < -0.3 is 10.6 Å². The van der Waals surface area contributed by atoms with Gasteiger partial charge in [0.05, 0.1) is 28.5 Å². The van der Waals surface area contributed by atoms with E-state index in [4.69, 9.17) is 0 Å². The van der Waals surface area contributed by atoms with Gasteiger partial charge in [0.2, 0.25) is 0 Å². The molecule has 0 radical (unpaired) electrons. The van der Waals surface area contributed by atoms with Crippen LogP contribution in [-0.2, 0) is 13.0 Å². The van der Waals surface area contributed by atoms with Crippen LogP contribution in [0.1, 0.15) is 40.0 Å². The van der Waals surface area contributed by atoms with Gasteiger partial charge in [0.1, 0.15) is 0 Å². The number of hydrogen-bond donors (Lipinski definition) is 2. The Morgan fingerprint density at radius 3 is 3.19 bits per heavy atom. The molecule has 2 heterocycles. The molecule has 0 saturated heterocycles. The van der Waals surface area contributed by atoms with Crippen LogP contribution in [0.3, 0.4) is 0 Å². The molecule has 112 valence electrons. The largest absolute Gasteiger partial charge is 0.337 e. The van der Waals surface area contributed by atoms with Crippen molar-refractivity contribution in [2.45, 2.75) is 38.6 Å². The Bertz CT molecular complexity index is 609. The lowest BCUT2D eigenvalue weighted by Crippen LogP contribution is -2.38. The summed E-state index contributed by atoms with van der Waals surface area (Å²) in [5.41, 5.74) is 3.86. The van der Waals surface area contributed by atoms with Crippen LogP contribution in [0.4, 0.5) is 4.79 Å². The standard InChI is InChI=1S/C14H18N4OS2/c1-9-18-13-10(3-2-4-12(13)21-9)5-15-14(19)16-6-11-7-20-8-17-11/h7-8,10H,2-6H2,1H3,(H2,15,16,19)/t10-/m0/s1. The second-order valence-electron chi connectivity index (χ2n) is 5.17. The van der Waals surface area contributed by atoms with Gasteiger partial charge in [-0.05, 0) is 26.2 Å². The molecule has 0 aromatic carbocycles. The predicted octanol–water partition coefficient (Wildman–Crippen LogP) is 2.83. The second-order valence-corrected chi connectivity index (χ2v) is 7.18. The number of hydrogen-bond acceptors (Lipinski definition) is 5. The minimum Gasteiger partial charge on any atom is -0.337 e. The summed E-state index contributed by atoms with van der Waals surface area (Å²) in [4.78, 5) is 22.0. The lowest BCUT2D eigenvalue weighted by molar-refractivity contribution is 0.239. The number of amides is 2. The Kier molecular flexibility index (Phi) is 4.50. The third-order valence-electron chi connectivity index (χ3n) is 3.60. The molecule has 0 saturated carbocycles. The first-order valence-electron chi connectivity index (χ1n) is 7.07. The monoisotopic (exact) mass is 322 g/mol. The van der Waals surface area contributed by atoms with Crippen molar-refractivity contribution in [3.05, 3.63) is 32.2 Å². The summed E-state index contributed by atoms with van der Waals surface area (Å²) in [5.74, 6) is 0.351. The Balaban J connectivity index is 1.50. The number of fused-ring (bicyclic) bond motifs is 1. The van der Waals surface area contributed by atoms with Gasteiger partial charge in [-0.25, -0.2) is 14.8 Å². The van der Waals surface area contributed by atoms with E-state index < -0.39 is 0 Å². The maximum Gasteiger partial charge on any atom is 0.315 e. The van der Waals surface area contributed by atoms with Crippen LogP contribution < -0.4 is 10.6 Å². The Morgan fingerprint density at radius 2 is 2.38 bits per heavy atom. The molecular weight excluding hydrogens is 304 g/mol. The number of nitrogens with zero attached hydrogens (tertiary/aromatic N) is 2. The molecule has 0 aliphatic heterocycles. The zero-order chi connectivity index (χ0) is 14.7. The van der Waals surface area contributed by atoms with E-state index in [2.05, 4.69) is 20.6 Å². The first-order valence-corrected chi connectivity index (χ1v) is 8.83. The summed E-state index contributed by atoms with van der Waals surface area (Å²) in [6.45, 7) is 3.17. The van der Waals surface area contributed by atoms with E-state index in [-0.39, 0.29) is 6.03 Å². The molecule has 2 aromatic heterocycles. The highest BCUT2D eigenvalue weighted by atomic mass is 32.1. The van der Waals surface area contributed by atoms with Crippen molar-refractivity contribution in [2.24, 2.45) is 0 Å². The van der Waals surface area contributed by atoms with Crippen molar-refractivity contribution in [2.75, 3.05) is 6.54 Å². The van der Waals surface area contributed by atoms with Gasteiger partial charge in [0.25, 0.3) is 0 Å². The molecule has 2 N–H and O–H groups in total. The Hall–Kier alpha value is -1.47. The number of thiazole rings is 2. The molecule has 1 aliphatic carbocycles. The van der Waals surface area contributed by atoms with Crippen molar-refractivity contribution >= 4 is 28.7 Å². The first-order chi connectivity index (χ1) is 10.2. The number of carbonyl (C=O) groups excluding carboxylic acids is 1. The van der Waals surface area contributed by atoms with E-state index in [1.165, 1.54) is 28.3 Å². The van der Waals surface area contributed by atoms with E-state index in [0.29, 0.717) is 19.0 Å². The number of nitrogens with one attached hydrogen (secondary N) is 2. The summed E-state index contributed by atoms with van der Waals surface area (Å²) >= 11 is 3.32. The third kappa shape index (κ3) is 3.59. The van der Waals surface area contributed by atoms with Crippen molar-refractivity contribution in [1.29, 1.82) is 0 Å². The number of aromatic nitrogens is 2. The summed E-state index contributed by atoms with van der Waals surface area (Å²) in [5, 5.41) is 8.85. The molecule has 0 unspecified atom stereocenters. The lowest BCUT2D eigenvalue weighted by atomic mass is 9.91. The first kappa shape index (κ1) is 14.5. The molecule has 0 bridgehead atoms. The van der Waals surface area contributed by atoms with Crippen LogP contribution in [0.15, 0.2) is 10.9 Å². The van der Waals surface area contributed by atoms with Crippen molar-refractivity contribution in [3.63, 3.8) is 0 Å². The highest BCUT2D eigenvalue weighted by Gasteiger charge is 2.24. The quantitative estimate of drug-likeness (QED) is 0.909. The maximum absolute atomic E-state index is 11.8. The Morgan fingerprint density at radius 1 is 1.48 bits per heavy atom. The van der Waals surface area contributed by atoms with E-state index in [1.807, 2.05) is 12.3 Å². The van der Waals surface area contributed by atoms with E-state index in [0.717, 1.165) is 23.5 Å². The van der Waals surface area contributed by atoms with E-state index in [9.17, 15) is 4.79 Å². The summed E-state index contributed by atoms with van der Waals surface area (Å²) < 4.78 is 0. The third-order valence-corrected chi connectivity index (χ3v) is 5.28. The average molecular weight is 322 g/mol. The minimum atomic E-state index is -0.137. The molecule has 21 heavy (non-hydrogen) atoms. The molecule has 1 atom stereocenters. The highest BCUT2D eigenvalue weighted by molar-refractivity contribution is 7.11. The van der Waals surface area contributed by atoms with Gasteiger partial charge in [-0.15, -0.1) is 22.7 Å². The maximum atomic E-state index is 11.8. The molecule has 1 aliphatic rings. The van der Waals surface area contributed by atoms with Gasteiger partial charge in [-0.1, -0.05) is 0 Å². The van der Waals surface area contributed by atoms with Crippen molar-refractivity contribution in [3.8, 4) is 0 Å². The molecule has 7 heteroatoms. The van der Waals surface area contributed by atoms with E-state index >= 15 is 0 Å². The summed E-state index contributed by atoms with van der Waals surface area (Å²) in [7, 11) is 0. The molecule has 0 spiro atoms. The fourth-order valence-electron chi connectivity index (χ4n) is 2.60. The SMILES string of the molecule is Cc1nc2c(s1)CCC[C@H]2CNC(=O)NCc1cscn1. The summed E-state index contributed by atoms with van der Waals surface area (Å²) in [6.07, 6.45) is 3.41.